The van der Waals surface area contributed by atoms with Gasteiger partial charge in [-0.05, 0) is 30.5 Å². The minimum absolute atomic E-state index is 0.116. The molecular weight excluding hydrogens is 240 g/mol. The Balaban J connectivity index is 2.33. The molecule has 0 spiro atoms. The number of rotatable bonds is 3. The van der Waals surface area contributed by atoms with Crippen LogP contribution in [0.4, 0.5) is 0 Å². The minimum Gasteiger partial charge on any atom is -0.497 e. The number of nitrogens with zero attached hydrogens (tertiary/aromatic N) is 1. The average Bonchev–Trinajstić information content (AvgIpc) is 2.61. The molecule has 2 N–H and O–H groups in total. The maximum atomic E-state index is 11.8. The van der Waals surface area contributed by atoms with Gasteiger partial charge in [0.1, 0.15) is 5.75 Å². The van der Waals surface area contributed by atoms with Gasteiger partial charge in [-0.3, -0.25) is 4.79 Å². The second-order valence-corrected chi connectivity index (χ2v) is 5.28. The predicted molar refractivity (Wildman–Crippen MR) is 75.2 cm³/mol. The fourth-order valence-corrected chi connectivity index (χ4v) is 2.73. The van der Waals surface area contributed by atoms with Crippen LogP contribution in [-0.2, 0) is 10.2 Å². The van der Waals surface area contributed by atoms with Gasteiger partial charge >= 0.3 is 0 Å². The molecule has 1 aromatic carbocycles. The number of amides is 1. The van der Waals surface area contributed by atoms with E-state index in [0.717, 1.165) is 25.1 Å². The molecule has 1 heterocycles. The third-order valence-corrected chi connectivity index (χ3v) is 4.24. The van der Waals surface area contributed by atoms with Gasteiger partial charge < -0.3 is 15.4 Å². The molecule has 104 valence electrons. The first kappa shape index (κ1) is 13.9. The summed E-state index contributed by atoms with van der Waals surface area (Å²) in [4.78, 5) is 13.6. The SMILES string of the molecule is COc1cccc(C2(CN)CCC(=O)N(C)CC2)c1. The molecule has 4 heteroatoms. The lowest BCUT2D eigenvalue weighted by molar-refractivity contribution is -0.129. The number of carbonyl (C=O) groups excluding carboxylic acids is 1. The Bertz CT molecular complexity index is 461. The van der Waals surface area contributed by atoms with Gasteiger partial charge in [0.05, 0.1) is 7.11 Å². The van der Waals surface area contributed by atoms with E-state index in [-0.39, 0.29) is 11.3 Å². The standard InChI is InChI=1S/C15H22N2O2/c1-17-9-8-15(11-16,7-6-14(17)18)12-4-3-5-13(10-12)19-2/h3-5,10H,6-9,11,16H2,1-2H3. The third kappa shape index (κ3) is 2.73. The Kier molecular flexibility index (Phi) is 4.10. The summed E-state index contributed by atoms with van der Waals surface area (Å²) in [6, 6.07) is 8.05. The van der Waals surface area contributed by atoms with Crippen molar-refractivity contribution in [2.75, 3.05) is 27.2 Å². The van der Waals surface area contributed by atoms with Gasteiger partial charge in [0.2, 0.25) is 5.91 Å². The van der Waals surface area contributed by atoms with Crippen LogP contribution < -0.4 is 10.5 Å². The zero-order valence-corrected chi connectivity index (χ0v) is 11.7. The first-order valence-corrected chi connectivity index (χ1v) is 6.70. The number of methoxy groups -OCH3 is 1. The van der Waals surface area contributed by atoms with Crippen molar-refractivity contribution in [3.8, 4) is 5.75 Å². The molecule has 0 bridgehead atoms. The molecule has 1 aromatic rings. The van der Waals surface area contributed by atoms with Gasteiger partial charge in [-0.1, -0.05) is 12.1 Å². The molecule has 1 saturated heterocycles. The summed E-state index contributed by atoms with van der Waals surface area (Å²) >= 11 is 0. The van der Waals surface area contributed by atoms with Crippen LogP contribution in [0.25, 0.3) is 0 Å². The lowest BCUT2D eigenvalue weighted by Gasteiger charge is -2.32. The van der Waals surface area contributed by atoms with Crippen molar-refractivity contribution in [2.45, 2.75) is 24.7 Å². The van der Waals surface area contributed by atoms with Crippen LogP contribution in [0.15, 0.2) is 24.3 Å². The Labute approximate surface area is 114 Å². The van der Waals surface area contributed by atoms with Crippen molar-refractivity contribution in [1.29, 1.82) is 0 Å². The van der Waals surface area contributed by atoms with E-state index in [2.05, 4.69) is 6.07 Å². The normalized spacial score (nSPS) is 24.2. The Morgan fingerprint density at radius 1 is 1.42 bits per heavy atom. The lowest BCUT2D eigenvalue weighted by atomic mass is 9.74. The molecule has 1 aliphatic heterocycles. The van der Waals surface area contributed by atoms with Crippen LogP contribution in [0, 0.1) is 0 Å². The molecule has 0 saturated carbocycles. The summed E-state index contributed by atoms with van der Waals surface area (Å²) in [6.45, 7) is 1.31. The maximum absolute atomic E-state index is 11.8. The number of nitrogens with two attached hydrogens (primary N) is 1. The molecule has 0 aromatic heterocycles. The van der Waals surface area contributed by atoms with Crippen LogP contribution in [0.3, 0.4) is 0 Å². The molecule has 19 heavy (non-hydrogen) atoms. The molecule has 4 nitrogen and oxygen atoms in total. The quantitative estimate of drug-likeness (QED) is 0.899. The highest BCUT2D eigenvalue weighted by Gasteiger charge is 2.34. The third-order valence-electron chi connectivity index (χ3n) is 4.24. The molecular formula is C15H22N2O2. The summed E-state index contributed by atoms with van der Waals surface area (Å²) < 4.78 is 5.29. The molecule has 1 atom stereocenters. The summed E-state index contributed by atoms with van der Waals surface area (Å²) in [6.07, 6.45) is 2.27. The number of hydrogen-bond donors (Lipinski definition) is 1. The minimum atomic E-state index is -0.116. The molecule has 1 unspecified atom stereocenters. The highest BCUT2D eigenvalue weighted by atomic mass is 16.5. The smallest absolute Gasteiger partial charge is 0.222 e. The Morgan fingerprint density at radius 2 is 2.21 bits per heavy atom. The highest BCUT2D eigenvalue weighted by Crippen LogP contribution is 2.36. The summed E-state index contributed by atoms with van der Waals surface area (Å²) in [7, 11) is 3.53. The van der Waals surface area contributed by atoms with Crippen molar-refractivity contribution in [2.24, 2.45) is 5.73 Å². The number of likely N-dealkylation sites (tertiary alicyclic amines) is 1. The molecule has 0 aliphatic carbocycles. The van der Waals surface area contributed by atoms with Gasteiger partial charge in [0, 0.05) is 32.0 Å². The monoisotopic (exact) mass is 262 g/mol. The van der Waals surface area contributed by atoms with E-state index in [1.807, 2.05) is 25.2 Å². The van der Waals surface area contributed by atoms with E-state index >= 15 is 0 Å². The van der Waals surface area contributed by atoms with Crippen LogP contribution >= 0.6 is 0 Å². The van der Waals surface area contributed by atoms with Crippen molar-refractivity contribution < 1.29 is 9.53 Å². The number of hydrogen-bond acceptors (Lipinski definition) is 3. The number of ether oxygens (including phenoxy) is 1. The first-order valence-electron chi connectivity index (χ1n) is 6.70. The number of benzene rings is 1. The molecule has 1 aliphatic rings. The maximum Gasteiger partial charge on any atom is 0.222 e. The van der Waals surface area contributed by atoms with E-state index < -0.39 is 0 Å². The fourth-order valence-electron chi connectivity index (χ4n) is 2.73. The second kappa shape index (κ2) is 5.61. The van der Waals surface area contributed by atoms with E-state index in [4.69, 9.17) is 10.5 Å². The number of carbonyl (C=O) groups is 1. The van der Waals surface area contributed by atoms with Crippen molar-refractivity contribution in [3.63, 3.8) is 0 Å². The summed E-state index contributed by atoms with van der Waals surface area (Å²) in [5.41, 5.74) is 7.11. The average molecular weight is 262 g/mol. The van der Waals surface area contributed by atoms with E-state index in [1.165, 1.54) is 5.56 Å². The van der Waals surface area contributed by atoms with E-state index in [9.17, 15) is 4.79 Å². The Hall–Kier alpha value is -1.55. The molecule has 1 amide bonds. The Morgan fingerprint density at radius 3 is 2.89 bits per heavy atom. The van der Waals surface area contributed by atoms with Gasteiger partial charge in [-0.15, -0.1) is 0 Å². The zero-order chi connectivity index (χ0) is 13.9. The van der Waals surface area contributed by atoms with Crippen molar-refractivity contribution >= 4 is 5.91 Å². The highest BCUT2D eigenvalue weighted by molar-refractivity contribution is 5.76. The van der Waals surface area contributed by atoms with E-state index in [1.54, 1.807) is 12.0 Å². The van der Waals surface area contributed by atoms with Crippen LogP contribution in [0.1, 0.15) is 24.8 Å². The van der Waals surface area contributed by atoms with Crippen LogP contribution in [0.5, 0.6) is 5.75 Å². The molecule has 1 fully saturated rings. The fraction of sp³-hybridized carbons (Fsp3) is 0.533. The topological polar surface area (TPSA) is 55.6 Å². The van der Waals surface area contributed by atoms with Gasteiger partial charge in [0.15, 0.2) is 0 Å². The first-order chi connectivity index (χ1) is 9.11. The second-order valence-electron chi connectivity index (χ2n) is 5.28. The predicted octanol–water partition coefficient (Wildman–Crippen LogP) is 1.53. The lowest BCUT2D eigenvalue weighted by Crippen LogP contribution is -2.36. The molecule has 2 rings (SSSR count). The van der Waals surface area contributed by atoms with Crippen LogP contribution in [0.2, 0.25) is 0 Å². The van der Waals surface area contributed by atoms with Crippen molar-refractivity contribution in [3.05, 3.63) is 29.8 Å². The van der Waals surface area contributed by atoms with E-state index in [0.29, 0.717) is 13.0 Å². The summed E-state index contributed by atoms with van der Waals surface area (Å²) in [5.74, 6) is 1.05. The van der Waals surface area contributed by atoms with Gasteiger partial charge in [0.25, 0.3) is 0 Å². The largest absolute Gasteiger partial charge is 0.497 e. The summed E-state index contributed by atoms with van der Waals surface area (Å²) in [5, 5.41) is 0. The van der Waals surface area contributed by atoms with Gasteiger partial charge in [-0.25, -0.2) is 0 Å². The zero-order valence-electron chi connectivity index (χ0n) is 11.7. The van der Waals surface area contributed by atoms with Crippen molar-refractivity contribution in [1.82, 2.24) is 4.90 Å². The van der Waals surface area contributed by atoms with Gasteiger partial charge in [-0.2, -0.15) is 0 Å². The molecule has 0 radical (unpaired) electrons. The van der Waals surface area contributed by atoms with Crippen LogP contribution in [-0.4, -0.2) is 38.1 Å².